The monoisotopic (exact) mass is 1100 g/mol. The lowest BCUT2D eigenvalue weighted by atomic mass is 10.1. The van der Waals surface area contributed by atoms with Crippen molar-refractivity contribution < 1.29 is 28.6 Å². The van der Waals surface area contributed by atoms with Gasteiger partial charge in [0.25, 0.3) is 0 Å². The van der Waals surface area contributed by atoms with Crippen molar-refractivity contribution in [2.75, 3.05) is 13.2 Å². The Labute approximate surface area is 492 Å². The van der Waals surface area contributed by atoms with Gasteiger partial charge in [0.05, 0.1) is 0 Å². The van der Waals surface area contributed by atoms with Crippen LogP contribution in [-0.4, -0.2) is 37.2 Å². The fraction of sp³-hybridized carbons (Fsp3) is 0.608. The van der Waals surface area contributed by atoms with Gasteiger partial charge >= 0.3 is 17.9 Å². The summed E-state index contributed by atoms with van der Waals surface area (Å²) in [5.74, 6) is -0.987. The molecule has 450 valence electrons. The highest BCUT2D eigenvalue weighted by Gasteiger charge is 2.19. The van der Waals surface area contributed by atoms with Gasteiger partial charge in [0.15, 0.2) is 6.10 Å². The fourth-order valence-corrected chi connectivity index (χ4v) is 8.45. The highest BCUT2D eigenvalue weighted by atomic mass is 16.6. The van der Waals surface area contributed by atoms with E-state index in [9.17, 15) is 14.4 Å². The van der Waals surface area contributed by atoms with Gasteiger partial charge in [0.2, 0.25) is 0 Å². The van der Waals surface area contributed by atoms with E-state index in [-0.39, 0.29) is 37.5 Å². The number of carbonyl (C=O) groups excluding carboxylic acids is 3. The minimum absolute atomic E-state index is 0.112. The lowest BCUT2D eigenvalue weighted by molar-refractivity contribution is -0.167. The van der Waals surface area contributed by atoms with Crippen LogP contribution in [0.4, 0.5) is 0 Å². The number of rotatable bonds is 57. The van der Waals surface area contributed by atoms with Gasteiger partial charge in [0, 0.05) is 19.3 Å². The molecule has 0 rings (SSSR count). The first-order valence-electron chi connectivity index (χ1n) is 32.5. The molecule has 0 amide bonds. The molecule has 80 heavy (non-hydrogen) atoms. The number of ether oxygens (including phenoxy) is 3. The van der Waals surface area contributed by atoms with Gasteiger partial charge in [0.1, 0.15) is 13.2 Å². The molecule has 0 aromatic carbocycles. The standard InChI is InChI=1S/C74H118O6/c1-4-7-10-13-16-19-22-25-28-30-31-32-33-34-35-36-37-38-39-40-41-42-43-45-46-49-52-55-58-61-64-67-73(76)79-70-71(69-78-72(75)66-63-60-57-54-51-48-27-24-21-18-15-12-9-6-3)80-74(77)68-65-62-59-56-53-50-47-44-29-26-23-20-17-14-11-8-5-2/h7-8,10-11,16-17,19-20,24-29,31-32,34-35,37-38,40-41,47,50,56,59,71H,4-6,9,12-15,18,21-23,30,33,36,39,42-46,48-49,51-55,57-58,60-70H2,1-3H3/b10-7-,11-8-,19-16-,20-17-,27-24-,28-25-,29-26-,32-31-,35-34-,38-37-,41-40-,50-47-,59-56-. The summed E-state index contributed by atoms with van der Waals surface area (Å²) in [4.78, 5) is 38.3. The van der Waals surface area contributed by atoms with Crippen LogP contribution in [0.3, 0.4) is 0 Å². The van der Waals surface area contributed by atoms with Crippen molar-refractivity contribution in [2.24, 2.45) is 0 Å². The maximum Gasteiger partial charge on any atom is 0.306 e. The Morgan fingerprint density at radius 2 is 0.500 bits per heavy atom. The van der Waals surface area contributed by atoms with Crippen molar-refractivity contribution in [1.29, 1.82) is 0 Å². The average Bonchev–Trinajstić information content (AvgIpc) is 3.46. The van der Waals surface area contributed by atoms with Crippen molar-refractivity contribution in [1.82, 2.24) is 0 Å². The van der Waals surface area contributed by atoms with E-state index < -0.39 is 6.10 Å². The van der Waals surface area contributed by atoms with Gasteiger partial charge in [-0.1, -0.05) is 269 Å². The number of allylic oxidation sites excluding steroid dienone is 26. The molecule has 0 saturated heterocycles. The predicted molar refractivity (Wildman–Crippen MR) is 348 cm³/mol. The Balaban J connectivity index is 4.38. The molecule has 0 aliphatic rings. The molecule has 0 aliphatic heterocycles. The molecule has 0 fully saturated rings. The van der Waals surface area contributed by atoms with Gasteiger partial charge in [-0.05, 0) is 141 Å². The molecule has 0 bridgehead atoms. The molecule has 0 aromatic heterocycles. The van der Waals surface area contributed by atoms with E-state index in [0.717, 1.165) is 141 Å². The molecule has 1 unspecified atom stereocenters. The minimum Gasteiger partial charge on any atom is -0.462 e. The third kappa shape index (κ3) is 63.9. The minimum atomic E-state index is -0.821. The van der Waals surface area contributed by atoms with E-state index in [1.807, 2.05) is 0 Å². The Bertz CT molecular complexity index is 1790. The molecule has 0 heterocycles. The summed E-state index contributed by atoms with van der Waals surface area (Å²) in [6.45, 7) is 6.34. The Morgan fingerprint density at radius 3 is 0.812 bits per heavy atom. The second kappa shape index (κ2) is 66.5. The third-order valence-electron chi connectivity index (χ3n) is 13.2. The third-order valence-corrected chi connectivity index (χ3v) is 13.2. The van der Waals surface area contributed by atoms with Crippen molar-refractivity contribution in [3.63, 3.8) is 0 Å². The van der Waals surface area contributed by atoms with E-state index in [1.165, 1.54) is 83.5 Å². The number of carbonyl (C=O) groups is 3. The molecule has 6 nitrogen and oxygen atoms in total. The molecule has 0 saturated carbocycles. The number of hydrogen-bond donors (Lipinski definition) is 0. The lowest BCUT2D eigenvalue weighted by Crippen LogP contribution is -2.30. The van der Waals surface area contributed by atoms with Crippen LogP contribution in [0.25, 0.3) is 0 Å². The molecule has 0 radical (unpaired) electrons. The Kier molecular flexibility index (Phi) is 62.4. The summed E-state index contributed by atoms with van der Waals surface area (Å²) in [7, 11) is 0. The van der Waals surface area contributed by atoms with Gasteiger partial charge in [-0.15, -0.1) is 0 Å². The first-order chi connectivity index (χ1) is 39.5. The Hall–Kier alpha value is -4.97. The molecule has 0 spiro atoms. The Morgan fingerprint density at radius 1 is 0.263 bits per heavy atom. The zero-order valence-corrected chi connectivity index (χ0v) is 51.5. The van der Waals surface area contributed by atoms with Gasteiger partial charge < -0.3 is 14.2 Å². The normalized spacial score (nSPS) is 13.2. The van der Waals surface area contributed by atoms with Gasteiger partial charge in [-0.25, -0.2) is 0 Å². The van der Waals surface area contributed by atoms with Crippen LogP contribution in [0.1, 0.15) is 271 Å². The van der Waals surface area contributed by atoms with Crippen molar-refractivity contribution in [2.45, 2.75) is 277 Å². The molecular weight excluding hydrogens is 985 g/mol. The summed E-state index contributed by atoms with van der Waals surface area (Å²) in [5.41, 5.74) is 0. The highest BCUT2D eigenvalue weighted by molar-refractivity contribution is 5.71. The number of esters is 3. The number of unbranched alkanes of at least 4 members (excludes halogenated alkanes) is 20. The zero-order chi connectivity index (χ0) is 57.8. The molecule has 0 aromatic rings. The van der Waals surface area contributed by atoms with Crippen molar-refractivity contribution in [3.05, 3.63) is 158 Å². The van der Waals surface area contributed by atoms with Crippen LogP contribution < -0.4 is 0 Å². The zero-order valence-electron chi connectivity index (χ0n) is 51.5. The summed E-state index contributed by atoms with van der Waals surface area (Å²) < 4.78 is 16.9. The van der Waals surface area contributed by atoms with E-state index in [4.69, 9.17) is 14.2 Å². The van der Waals surface area contributed by atoms with Crippen LogP contribution in [0, 0.1) is 0 Å². The fourth-order valence-electron chi connectivity index (χ4n) is 8.45. The first-order valence-corrected chi connectivity index (χ1v) is 32.5. The van der Waals surface area contributed by atoms with Crippen LogP contribution in [-0.2, 0) is 28.6 Å². The topological polar surface area (TPSA) is 78.9 Å². The summed E-state index contributed by atoms with van der Waals surface area (Å²) >= 11 is 0. The van der Waals surface area contributed by atoms with Crippen LogP contribution in [0.15, 0.2) is 158 Å². The quantitative estimate of drug-likeness (QED) is 0.0261. The van der Waals surface area contributed by atoms with Gasteiger partial charge in [-0.2, -0.15) is 0 Å². The second-order valence-electron chi connectivity index (χ2n) is 20.9. The van der Waals surface area contributed by atoms with Crippen molar-refractivity contribution >= 4 is 17.9 Å². The molecule has 1 atom stereocenters. The van der Waals surface area contributed by atoms with E-state index in [0.29, 0.717) is 19.3 Å². The second-order valence-corrected chi connectivity index (χ2v) is 20.9. The lowest BCUT2D eigenvalue weighted by Gasteiger charge is -2.18. The van der Waals surface area contributed by atoms with E-state index >= 15 is 0 Å². The first kappa shape index (κ1) is 75.0. The SMILES string of the molecule is CC/C=C\C/C=C\C/C=C\C/C=C\C/C=C\C/C=C\C/C=C\CCCCCCCCCCCC(=O)OCC(COC(=O)CCCCCCC/C=C\CCCCCCC)OC(=O)CCC/C=C\C/C=C\C/C=C\C/C=C\C/C=C\CC. The summed E-state index contributed by atoms with van der Waals surface area (Å²) in [6.07, 6.45) is 96.8. The molecule has 0 N–H and O–H groups in total. The summed E-state index contributed by atoms with van der Waals surface area (Å²) in [5, 5.41) is 0. The average molecular weight is 1100 g/mol. The maximum atomic E-state index is 12.9. The van der Waals surface area contributed by atoms with Crippen LogP contribution in [0.5, 0.6) is 0 Å². The molecule has 0 aliphatic carbocycles. The highest BCUT2D eigenvalue weighted by Crippen LogP contribution is 2.14. The molecular formula is C74H118O6. The van der Waals surface area contributed by atoms with Crippen LogP contribution in [0.2, 0.25) is 0 Å². The van der Waals surface area contributed by atoms with E-state index in [1.54, 1.807) is 0 Å². The maximum absolute atomic E-state index is 12.9. The van der Waals surface area contributed by atoms with Crippen molar-refractivity contribution in [3.8, 4) is 0 Å². The van der Waals surface area contributed by atoms with Gasteiger partial charge in [-0.3, -0.25) is 14.4 Å². The summed E-state index contributed by atoms with van der Waals surface area (Å²) in [6, 6.07) is 0. The number of hydrogen-bond acceptors (Lipinski definition) is 6. The smallest absolute Gasteiger partial charge is 0.306 e. The molecule has 6 heteroatoms. The largest absolute Gasteiger partial charge is 0.462 e. The van der Waals surface area contributed by atoms with Crippen LogP contribution >= 0.6 is 0 Å². The van der Waals surface area contributed by atoms with E-state index in [2.05, 4.69) is 179 Å². The predicted octanol–water partition coefficient (Wildman–Crippen LogP) is 22.5.